The normalized spacial score (nSPS) is 23.8. The maximum Gasteiger partial charge on any atom is 0.0587 e. The molecule has 0 aromatic carbocycles. The molecule has 1 unspecified atom stereocenters. The Morgan fingerprint density at radius 3 is 2.37 bits per heavy atom. The fourth-order valence-corrected chi connectivity index (χ4v) is 4.18. The third kappa shape index (κ3) is 5.43. The second kappa shape index (κ2) is 8.97. The Balaban J connectivity index is 1.75. The molecule has 0 bridgehead atoms. The van der Waals surface area contributed by atoms with Gasteiger partial charge in [0.25, 0.3) is 0 Å². The van der Waals surface area contributed by atoms with Crippen LogP contribution in [0.1, 0.15) is 64.2 Å². The van der Waals surface area contributed by atoms with Gasteiger partial charge in [0.1, 0.15) is 0 Å². The van der Waals surface area contributed by atoms with Gasteiger partial charge < -0.3 is 10.1 Å². The van der Waals surface area contributed by atoms with Crippen LogP contribution in [0.4, 0.5) is 0 Å². The summed E-state index contributed by atoms with van der Waals surface area (Å²) in [6.07, 6.45) is 14.9. The van der Waals surface area contributed by atoms with Crippen molar-refractivity contribution in [1.82, 2.24) is 5.32 Å². The van der Waals surface area contributed by atoms with E-state index in [1.165, 1.54) is 70.8 Å². The van der Waals surface area contributed by atoms with Crippen molar-refractivity contribution in [2.24, 2.45) is 17.8 Å². The largest absolute Gasteiger partial charge is 0.383 e. The highest BCUT2D eigenvalue weighted by atomic mass is 16.5. The third-order valence-corrected chi connectivity index (χ3v) is 5.32. The number of nitrogens with one attached hydrogen (secondary N) is 1. The summed E-state index contributed by atoms with van der Waals surface area (Å²) in [4.78, 5) is 0. The Bertz CT molecular complexity index is 219. The molecule has 2 aliphatic carbocycles. The Kier molecular flexibility index (Phi) is 7.23. The van der Waals surface area contributed by atoms with Crippen LogP contribution in [0.3, 0.4) is 0 Å². The molecule has 2 saturated carbocycles. The van der Waals surface area contributed by atoms with Crippen LogP contribution in [0.5, 0.6) is 0 Å². The van der Waals surface area contributed by atoms with Gasteiger partial charge in [-0.05, 0) is 30.7 Å². The van der Waals surface area contributed by atoms with Gasteiger partial charge >= 0.3 is 0 Å². The van der Waals surface area contributed by atoms with Crippen molar-refractivity contribution in [2.75, 3.05) is 26.8 Å². The number of ether oxygens (including phenoxy) is 1. The molecule has 0 aliphatic heterocycles. The molecule has 0 spiro atoms. The number of hydrogen-bond acceptors (Lipinski definition) is 2. The molecule has 0 saturated heterocycles. The summed E-state index contributed by atoms with van der Waals surface area (Å²) in [6, 6.07) is 0. The second-order valence-corrected chi connectivity index (χ2v) is 6.74. The lowest BCUT2D eigenvalue weighted by atomic mass is 9.78. The average molecular weight is 267 g/mol. The quantitative estimate of drug-likeness (QED) is 0.671. The van der Waals surface area contributed by atoms with E-state index in [9.17, 15) is 0 Å². The standard InChI is InChI=1S/C17H33NO/c1-19-12-11-18-14-17(16-9-5-6-10-16)13-15-7-3-2-4-8-15/h15-18H,2-14H2,1H3. The lowest BCUT2D eigenvalue weighted by molar-refractivity contribution is 0.187. The van der Waals surface area contributed by atoms with E-state index in [1.54, 1.807) is 7.11 Å². The topological polar surface area (TPSA) is 21.3 Å². The van der Waals surface area contributed by atoms with E-state index in [0.717, 1.165) is 30.9 Å². The van der Waals surface area contributed by atoms with Gasteiger partial charge in [-0.2, -0.15) is 0 Å². The minimum absolute atomic E-state index is 0.848. The van der Waals surface area contributed by atoms with Crippen LogP contribution in [-0.4, -0.2) is 26.8 Å². The van der Waals surface area contributed by atoms with Gasteiger partial charge in [0.05, 0.1) is 6.61 Å². The first-order chi connectivity index (χ1) is 9.40. The lowest BCUT2D eigenvalue weighted by Gasteiger charge is -2.30. The van der Waals surface area contributed by atoms with Crippen LogP contribution < -0.4 is 5.32 Å². The number of hydrogen-bond donors (Lipinski definition) is 1. The summed E-state index contributed by atoms with van der Waals surface area (Å²) in [5, 5.41) is 3.63. The first-order valence-corrected chi connectivity index (χ1v) is 8.60. The van der Waals surface area contributed by atoms with Gasteiger partial charge in [0, 0.05) is 13.7 Å². The van der Waals surface area contributed by atoms with Gasteiger partial charge in [-0.1, -0.05) is 57.8 Å². The van der Waals surface area contributed by atoms with Crippen LogP contribution in [0.15, 0.2) is 0 Å². The minimum atomic E-state index is 0.848. The van der Waals surface area contributed by atoms with Crippen molar-refractivity contribution >= 4 is 0 Å². The molecule has 2 fully saturated rings. The van der Waals surface area contributed by atoms with Crippen LogP contribution in [0.25, 0.3) is 0 Å². The monoisotopic (exact) mass is 267 g/mol. The summed E-state index contributed by atoms with van der Waals surface area (Å²) < 4.78 is 5.14. The molecule has 1 atom stereocenters. The summed E-state index contributed by atoms with van der Waals surface area (Å²) in [6.45, 7) is 3.09. The Morgan fingerprint density at radius 2 is 1.68 bits per heavy atom. The van der Waals surface area contributed by atoms with E-state index in [2.05, 4.69) is 5.32 Å². The molecule has 2 aliphatic rings. The van der Waals surface area contributed by atoms with Gasteiger partial charge in [-0.25, -0.2) is 0 Å². The average Bonchev–Trinajstić information content (AvgIpc) is 2.97. The molecular formula is C17H33NO. The molecule has 112 valence electrons. The van der Waals surface area contributed by atoms with E-state index in [0.29, 0.717) is 0 Å². The Labute approximate surface area is 119 Å². The van der Waals surface area contributed by atoms with Crippen LogP contribution in [0.2, 0.25) is 0 Å². The van der Waals surface area contributed by atoms with Crippen LogP contribution in [0, 0.1) is 17.8 Å². The summed E-state index contributed by atoms with van der Waals surface area (Å²) >= 11 is 0. The summed E-state index contributed by atoms with van der Waals surface area (Å²) in [7, 11) is 1.79. The highest BCUT2D eigenvalue weighted by molar-refractivity contribution is 4.80. The molecule has 0 aromatic heterocycles. The first kappa shape index (κ1) is 15.3. The molecule has 2 nitrogen and oxygen atoms in total. The van der Waals surface area contributed by atoms with Crippen molar-refractivity contribution < 1.29 is 4.74 Å². The third-order valence-electron chi connectivity index (χ3n) is 5.32. The first-order valence-electron chi connectivity index (χ1n) is 8.60. The fraction of sp³-hybridized carbons (Fsp3) is 1.00. The van der Waals surface area contributed by atoms with E-state index >= 15 is 0 Å². The molecule has 1 N–H and O–H groups in total. The molecule has 2 heteroatoms. The van der Waals surface area contributed by atoms with E-state index < -0.39 is 0 Å². The Morgan fingerprint density at radius 1 is 1.00 bits per heavy atom. The predicted molar refractivity (Wildman–Crippen MR) is 81.4 cm³/mol. The molecule has 0 aromatic rings. The zero-order valence-electron chi connectivity index (χ0n) is 12.8. The van der Waals surface area contributed by atoms with E-state index in [-0.39, 0.29) is 0 Å². The SMILES string of the molecule is COCCNCC(CC1CCCCC1)C1CCCC1. The van der Waals surface area contributed by atoms with Crippen molar-refractivity contribution in [3.05, 3.63) is 0 Å². The zero-order valence-corrected chi connectivity index (χ0v) is 12.8. The summed E-state index contributed by atoms with van der Waals surface area (Å²) in [5.41, 5.74) is 0. The lowest BCUT2D eigenvalue weighted by Crippen LogP contribution is -2.31. The highest BCUT2D eigenvalue weighted by Gasteiger charge is 2.27. The van der Waals surface area contributed by atoms with Crippen molar-refractivity contribution in [3.63, 3.8) is 0 Å². The van der Waals surface area contributed by atoms with Crippen molar-refractivity contribution in [1.29, 1.82) is 0 Å². The molecule has 0 amide bonds. The van der Waals surface area contributed by atoms with E-state index in [4.69, 9.17) is 4.74 Å². The smallest absolute Gasteiger partial charge is 0.0587 e. The van der Waals surface area contributed by atoms with E-state index in [1.807, 2.05) is 0 Å². The van der Waals surface area contributed by atoms with Gasteiger partial charge in [-0.3, -0.25) is 0 Å². The zero-order chi connectivity index (χ0) is 13.3. The van der Waals surface area contributed by atoms with Gasteiger partial charge in [0.15, 0.2) is 0 Å². The number of rotatable bonds is 8. The highest BCUT2D eigenvalue weighted by Crippen LogP contribution is 2.37. The van der Waals surface area contributed by atoms with Crippen molar-refractivity contribution in [3.8, 4) is 0 Å². The fourth-order valence-electron chi connectivity index (χ4n) is 4.18. The Hall–Kier alpha value is -0.0800. The molecular weight excluding hydrogens is 234 g/mol. The van der Waals surface area contributed by atoms with Gasteiger partial charge in [0.2, 0.25) is 0 Å². The molecule has 2 rings (SSSR count). The molecule has 19 heavy (non-hydrogen) atoms. The molecule has 0 radical (unpaired) electrons. The van der Waals surface area contributed by atoms with Crippen molar-refractivity contribution in [2.45, 2.75) is 64.2 Å². The maximum absolute atomic E-state index is 5.14. The maximum atomic E-state index is 5.14. The molecule has 0 heterocycles. The minimum Gasteiger partial charge on any atom is -0.383 e. The van der Waals surface area contributed by atoms with Crippen LogP contribution in [-0.2, 0) is 4.74 Å². The van der Waals surface area contributed by atoms with Crippen LogP contribution >= 0.6 is 0 Å². The second-order valence-electron chi connectivity index (χ2n) is 6.74. The summed E-state index contributed by atoms with van der Waals surface area (Å²) in [5.74, 6) is 2.98. The number of methoxy groups -OCH3 is 1. The van der Waals surface area contributed by atoms with Gasteiger partial charge in [-0.15, -0.1) is 0 Å². The predicted octanol–water partition coefficient (Wildman–Crippen LogP) is 4.00.